The monoisotopic (exact) mass is 202 g/mol. The molecule has 0 fully saturated rings. The molecule has 0 radical (unpaired) electrons. The van der Waals surface area contributed by atoms with Gasteiger partial charge in [-0.05, 0) is 11.6 Å². The first kappa shape index (κ1) is 10.2. The third-order valence-corrected chi connectivity index (χ3v) is 2.68. The number of benzene rings is 1. The fourth-order valence-corrected chi connectivity index (χ4v) is 1.88. The Kier molecular flexibility index (Phi) is 2.78. The average molecular weight is 202 g/mol. The maximum absolute atomic E-state index is 3.45. The minimum absolute atomic E-state index is 0.531. The van der Waals surface area contributed by atoms with E-state index in [0.29, 0.717) is 6.04 Å². The molecule has 0 amide bonds. The summed E-state index contributed by atoms with van der Waals surface area (Å²) in [6.07, 6.45) is 2.21. The molecule has 2 aromatic rings. The Morgan fingerprint density at radius 2 is 2.00 bits per heavy atom. The lowest BCUT2D eigenvalue weighted by Crippen LogP contribution is -2.21. The van der Waals surface area contributed by atoms with E-state index in [1.165, 1.54) is 16.5 Å². The van der Waals surface area contributed by atoms with Crippen molar-refractivity contribution in [1.29, 1.82) is 0 Å². The molecule has 80 valence electrons. The molecule has 1 heterocycles. The number of hydrogen-bond donors (Lipinski definition) is 1. The van der Waals surface area contributed by atoms with Gasteiger partial charge in [0.05, 0.1) is 0 Å². The minimum atomic E-state index is 0.531. The molecule has 2 nitrogen and oxygen atoms in total. The van der Waals surface area contributed by atoms with Crippen molar-refractivity contribution in [2.45, 2.75) is 26.4 Å². The van der Waals surface area contributed by atoms with Crippen LogP contribution in [0.25, 0.3) is 10.9 Å². The summed E-state index contributed by atoms with van der Waals surface area (Å²) in [5.74, 6) is 0. The molecule has 2 rings (SSSR count). The maximum atomic E-state index is 3.45. The Bertz CT molecular complexity index is 455. The van der Waals surface area contributed by atoms with Crippen LogP contribution in [0.15, 0.2) is 30.5 Å². The van der Waals surface area contributed by atoms with Gasteiger partial charge in [-0.3, -0.25) is 0 Å². The number of rotatable bonds is 3. The smallest absolute Gasteiger partial charge is 0.0481 e. The first-order valence-corrected chi connectivity index (χ1v) is 5.45. The molecule has 0 aliphatic carbocycles. The molecule has 0 atom stereocenters. The van der Waals surface area contributed by atoms with Crippen molar-refractivity contribution in [2.75, 3.05) is 0 Å². The molecule has 0 aliphatic rings. The Morgan fingerprint density at radius 3 is 2.73 bits per heavy atom. The summed E-state index contributed by atoms with van der Waals surface area (Å²) in [4.78, 5) is 0. The molecule has 0 aliphatic heterocycles. The first-order chi connectivity index (χ1) is 7.18. The highest BCUT2D eigenvalue weighted by molar-refractivity contribution is 5.83. The van der Waals surface area contributed by atoms with Gasteiger partial charge >= 0.3 is 0 Å². The van der Waals surface area contributed by atoms with Crippen molar-refractivity contribution >= 4 is 10.9 Å². The number of hydrogen-bond acceptors (Lipinski definition) is 1. The van der Waals surface area contributed by atoms with E-state index in [9.17, 15) is 0 Å². The zero-order valence-corrected chi connectivity index (χ0v) is 9.62. The van der Waals surface area contributed by atoms with E-state index >= 15 is 0 Å². The van der Waals surface area contributed by atoms with Crippen LogP contribution in [0, 0.1) is 0 Å². The number of fused-ring (bicyclic) bond motifs is 1. The lowest BCUT2D eigenvalue weighted by molar-refractivity contribution is 0.590. The Hall–Kier alpha value is -1.28. The van der Waals surface area contributed by atoms with Crippen molar-refractivity contribution in [3.8, 4) is 0 Å². The number of para-hydroxylation sites is 1. The van der Waals surface area contributed by atoms with E-state index in [4.69, 9.17) is 0 Å². The third kappa shape index (κ3) is 2.05. The summed E-state index contributed by atoms with van der Waals surface area (Å²) < 4.78 is 2.19. The summed E-state index contributed by atoms with van der Waals surface area (Å²) in [7, 11) is 2.10. The fourth-order valence-electron chi connectivity index (χ4n) is 1.88. The number of aryl methyl sites for hydroxylation is 1. The van der Waals surface area contributed by atoms with E-state index in [0.717, 1.165) is 6.54 Å². The van der Waals surface area contributed by atoms with Gasteiger partial charge in [0.15, 0.2) is 0 Å². The van der Waals surface area contributed by atoms with Gasteiger partial charge in [-0.15, -0.1) is 0 Å². The van der Waals surface area contributed by atoms with Crippen LogP contribution in [0.5, 0.6) is 0 Å². The summed E-state index contributed by atoms with van der Waals surface area (Å²) in [5.41, 5.74) is 2.68. The maximum Gasteiger partial charge on any atom is 0.0481 e. The van der Waals surface area contributed by atoms with E-state index in [-0.39, 0.29) is 0 Å². The standard InChI is InChI=1S/C13H18N2/c1-10(2)14-8-11-9-15(3)13-7-5-4-6-12(11)13/h4-7,9-10,14H,8H2,1-3H3. The van der Waals surface area contributed by atoms with E-state index < -0.39 is 0 Å². The van der Waals surface area contributed by atoms with Gasteiger partial charge in [-0.2, -0.15) is 0 Å². The van der Waals surface area contributed by atoms with E-state index in [1.54, 1.807) is 0 Å². The highest BCUT2D eigenvalue weighted by Crippen LogP contribution is 2.19. The first-order valence-electron chi connectivity index (χ1n) is 5.45. The second-order valence-electron chi connectivity index (χ2n) is 4.32. The molecule has 0 saturated heterocycles. The van der Waals surface area contributed by atoms with Crippen LogP contribution in [0.2, 0.25) is 0 Å². The van der Waals surface area contributed by atoms with Gasteiger partial charge in [0, 0.05) is 36.7 Å². The van der Waals surface area contributed by atoms with Gasteiger partial charge in [0.2, 0.25) is 0 Å². The topological polar surface area (TPSA) is 17.0 Å². The zero-order valence-electron chi connectivity index (χ0n) is 9.62. The van der Waals surface area contributed by atoms with Crippen molar-refractivity contribution in [1.82, 2.24) is 9.88 Å². The highest BCUT2D eigenvalue weighted by Gasteiger charge is 2.05. The van der Waals surface area contributed by atoms with Crippen molar-refractivity contribution < 1.29 is 0 Å². The second kappa shape index (κ2) is 4.07. The van der Waals surface area contributed by atoms with Crippen LogP contribution >= 0.6 is 0 Å². The SMILES string of the molecule is CC(C)NCc1cn(C)c2ccccc12. The predicted octanol–water partition coefficient (Wildman–Crippen LogP) is 2.68. The lowest BCUT2D eigenvalue weighted by Gasteiger charge is -2.06. The summed E-state index contributed by atoms with van der Waals surface area (Å²) >= 11 is 0. The Labute approximate surface area is 90.9 Å². The zero-order chi connectivity index (χ0) is 10.8. The van der Waals surface area contributed by atoms with Crippen molar-refractivity contribution in [2.24, 2.45) is 7.05 Å². The minimum Gasteiger partial charge on any atom is -0.350 e. The molecular formula is C13H18N2. The average Bonchev–Trinajstić information content (AvgIpc) is 2.54. The summed E-state index contributed by atoms with van der Waals surface area (Å²) in [5, 5.41) is 4.81. The summed E-state index contributed by atoms with van der Waals surface area (Å²) in [6.45, 7) is 5.29. The quantitative estimate of drug-likeness (QED) is 0.809. The van der Waals surface area contributed by atoms with E-state index in [1.807, 2.05) is 0 Å². The fraction of sp³-hybridized carbons (Fsp3) is 0.385. The molecule has 1 N–H and O–H groups in total. The highest BCUT2D eigenvalue weighted by atomic mass is 14.9. The Morgan fingerprint density at radius 1 is 1.27 bits per heavy atom. The normalized spacial score (nSPS) is 11.5. The van der Waals surface area contributed by atoms with E-state index in [2.05, 4.69) is 61.2 Å². The second-order valence-corrected chi connectivity index (χ2v) is 4.32. The van der Waals surface area contributed by atoms with Crippen LogP contribution < -0.4 is 5.32 Å². The van der Waals surface area contributed by atoms with Gasteiger partial charge < -0.3 is 9.88 Å². The van der Waals surface area contributed by atoms with Crippen molar-refractivity contribution in [3.63, 3.8) is 0 Å². The third-order valence-electron chi connectivity index (χ3n) is 2.68. The Balaban J connectivity index is 2.35. The summed E-state index contributed by atoms with van der Waals surface area (Å²) in [6, 6.07) is 9.06. The number of nitrogens with zero attached hydrogens (tertiary/aromatic N) is 1. The number of aromatic nitrogens is 1. The molecule has 0 saturated carbocycles. The van der Waals surface area contributed by atoms with Gasteiger partial charge in [0.25, 0.3) is 0 Å². The predicted molar refractivity (Wildman–Crippen MR) is 64.9 cm³/mol. The van der Waals surface area contributed by atoms with Crippen LogP contribution in [0.1, 0.15) is 19.4 Å². The van der Waals surface area contributed by atoms with Gasteiger partial charge in [-0.1, -0.05) is 32.0 Å². The van der Waals surface area contributed by atoms with Crippen LogP contribution in [0.3, 0.4) is 0 Å². The van der Waals surface area contributed by atoms with Gasteiger partial charge in [0.1, 0.15) is 0 Å². The van der Waals surface area contributed by atoms with Crippen LogP contribution in [0.4, 0.5) is 0 Å². The lowest BCUT2D eigenvalue weighted by atomic mass is 10.2. The van der Waals surface area contributed by atoms with Crippen molar-refractivity contribution in [3.05, 3.63) is 36.0 Å². The molecule has 2 heteroatoms. The van der Waals surface area contributed by atoms with Gasteiger partial charge in [-0.25, -0.2) is 0 Å². The number of nitrogens with one attached hydrogen (secondary N) is 1. The molecule has 1 aromatic carbocycles. The van der Waals surface area contributed by atoms with Crippen LogP contribution in [-0.4, -0.2) is 10.6 Å². The molecular weight excluding hydrogens is 184 g/mol. The molecule has 1 aromatic heterocycles. The largest absolute Gasteiger partial charge is 0.350 e. The van der Waals surface area contributed by atoms with Crippen LogP contribution in [-0.2, 0) is 13.6 Å². The molecule has 0 spiro atoms. The molecule has 0 unspecified atom stereocenters. The molecule has 0 bridgehead atoms. The molecule has 15 heavy (non-hydrogen) atoms.